The number of hydrogen-bond acceptors (Lipinski definition) is 5. The van der Waals surface area contributed by atoms with Crippen LogP contribution in [0.15, 0.2) is 36.8 Å². The van der Waals surface area contributed by atoms with E-state index in [1.54, 1.807) is 31.6 Å². The highest BCUT2D eigenvalue weighted by Gasteiger charge is 2.13. The molecule has 0 unspecified atom stereocenters. The Morgan fingerprint density at radius 1 is 1.24 bits per heavy atom. The van der Waals surface area contributed by atoms with Crippen LogP contribution in [0, 0.1) is 0 Å². The van der Waals surface area contributed by atoms with Gasteiger partial charge in [0.05, 0.1) is 31.4 Å². The van der Waals surface area contributed by atoms with E-state index in [0.29, 0.717) is 11.3 Å². The number of nitrogens with zero attached hydrogens (tertiary/aromatic N) is 2. The van der Waals surface area contributed by atoms with Gasteiger partial charge in [-0.25, -0.2) is 9.78 Å². The first-order valence-electron chi connectivity index (χ1n) is 6.29. The molecule has 0 bridgehead atoms. The smallest absolute Gasteiger partial charge is 0.356 e. The van der Waals surface area contributed by atoms with Crippen molar-refractivity contribution >= 4 is 17.0 Å². The Hall–Kier alpha value is -2.89. The molecule has 0 aromatic carbocycles. The maximum absolute atomic E-state index is 11.6. The van der Waals surface area contributed by atoms with E-state index in [9.17, 15) is 4.79 Å². The van der Waals surface area contributed by atoms with Crippen molar-refractivity contribution in [3.05, 3.63) is 42.5 Å². The number of ether oxygens (including phenoxy) is 2. The number of aromatic nitrogens is 3. The number of aromatic amines is 1. The van der Waals surface area contributed by atoms with Crippen LogP contribution >= 0.6 is 0 Å². The van der Waals surface area contributed by atoms with Gasteiger partial charge in [0.15, 0.2) is 0 Å². The van der Waals surface area contributed by atoms with E-state index < -0.39 is 5.97 Å². The van der Waals surface area contributed by atoms with Crippen LogP contribution < -0.4 is 4.74 Å². The second-order valence-electron chi connectivity index (χ2n) is 4.40. The minimum absolute atomic E-state index is 0.265. The summed E-state index contributed by atoms with van der Waals surface area (Å²) in [6.45, 7) is 0. The summed E-state index contributed by atoms with van der Waals surface area (Å²) in [7, 11) is 2.92. The van der Waals surface area contributed by atoms with E-state index in [2.05, 4.69) is 15.0 Å². The fourth-order valence-electron chi connectivity index (χ4n) is 2.12. The van der Waals surface area contributed by atoms with Crippen molar-refractivity contribution in [3.63, 3.8) is 0 Å². The Morgan fingerprint density at radius 3 is 2.86 bits per heavy atom. The molecule has 3 rings (SSSR count). The van der Waals surface area contributed by atoms with Gasteiger partial charge in [-0.15, -0.1) is 0 Å². The Labute approximate surface area is 120 Å². The highest BCUT2D eigenvalue weighted by Crippen LogP contribution is 2.29. The summed E-state index contributed by atoms with van der Waals surface area (Å²) >= 11 is 0. The standard InChI is InChI=1S/C15H13N3O3/c1-20-10-5-9(6-16-7-10)11-8-17-12-3-4-13(15(19)21-2)18-14(11)12/h3-8,17H,1-2H3. The van der Waals surface area contributed by atoms with E-state index in [0.717, 1.165) is 16.6 Å². The lowest BCUT2D eigenvalue weighted by Crippen LogP contribution is -2.03. The lowest BCUT2D eigenvalue weighted by molar-refractivity contribution is 0.0594. The van der Waals surface area contributed by atoms with Crippen LogP contribution in [0.3, 0.4) is 0 Å². The van der Waals surface area contributed by atoms with Crippen molar-refractivity contribution < 1.29 is 14.3 Å². The number of rotatable bonds is 3. The summed E-state index contributed by atoms with van der Waals surface area (Å²) in [5.41, 5.74) is 3.49. The molecule has 0 fully saturated rings. The number of carbonyl (C=O) groups is 1. The quantitative estimate of drug-likeness (QED) is 0.747. The van der Waals surface area contributed by atoms with Crippen molar-refractivity contribution in [1.29, 1.82) is 0 Å². The molecule has 3 heterocycles. The summed E-state index contributed by atoms with van der Waals surface area (Å²) in [4.78, 5) is 23.2. The van der Waals surface area contributed by atoms with Crippen molar-refractivity contribution in [2.75, 3.05) is 14.2 Å². The first-order chi connectivity index (χ1) is 10.2. The Bertz CT molecular complexity index is 811. The number of H-pyrrole nitrogens is 1. The minimum Gasteiger partial charge on any atom is -0.495 e. The molecule has 0 saturated carbocycles. The highest BCUT2D eigenvalue weighted by molar-refractivity contribution is 5.96. The van der Waals surface area contributed by atoms with Gasteiger partial charge in [-0.2, -0.15) is 0 Å². The number of hydrogen-bond donors (Lipinski definition) is 1. The first-order valence-corrected chi connectivity index (χ1v) is 6.29. The second kappa shape index (κ2) is 5.24. The molecule has 0 aliphatic heterocycles. The van der Waals surface area contributed by atoms with Crippen LogP contribution in [0.25, 0.3) is 22.2 Å². The van der Waals surface area contributed by atoms with Gasteiger partial charge in [-0.3, -0.25) is 4.98 Å². The van der Waals surface area contributed by atoms with Gasteiger partial charge in [0.1, 0.15) is 11.4 Å². The van der Waals surface area contributed by atoms with Crippen LogP contribution in [-0.2, 0) is 4.74 Å². The molecular weight excluding hydrogens is 270 g/mol. The van der Waals surface area contributed by atoms with E-state index >= 15 is 0 Å². The molecule has 0 aliphatic carbocycles. The third-order valence-corrected chi connectivity index (χ3v) is 3.18. The predicted molar refractivity (Wildman–Crippen MR) is 77.2 cm³/mol. The lowest BCUT2D eigenvalue weighted by Gasteiger charge is -2.03. The Balaban J connectivity index is 2.15. The van der Waals surface area contributed by atoms with E-state index in [4.69, 9.17) is 9.47 Å². The second-order valence-corrected chi connectivity index (χ2v) is 4.40. The molecule has 6 heteroatoms. The van der Waals surface area contributed by atoms with E-state index in [1.807, 2.05) is 12.3 Å². The normalized spacial score (nSPS) is 10.6. The maximum atomic E-state index is 11.6. The first kappa shape index (κ1) is 13.1. The van der Waals surface area contributed by atoms with E-state index in [-0.39, 0.29) is 5.69 Å². The van der Waals surface area contributed by atoms with Gasteiger partial charge in [-0.05, 0) is 18.2 Å². The molecule has 6 nitrogen and oxygen atoms in total. The topological polar surface area (TPSA) is 77.1 Å². The molecule has 0 radical (unpaired) electrons. The number of carbonyl (C=O) groups excluding carboxylic acids is 1. The zero-order valence-electron chi connectivity index (χ0n) is 11.6. The fourth-order valence-corrected chi connectivity index (χ4v) is 2.12. The minimum atomic E-state index is -0.465. The van der Waals surface area contributed by atoms with Crippen molar-refractivity contribution in [1.82, 2.24) is 15.0 Å². The number of fused-ring (bicyclic) bond motifs is 1. The molecule has 106 valence electrons. The summed E-state index contributed by atoms with van der Waals surface area (Å²) in [6, 6.07) is 5.28. The summed E-state index contributed by atoms with van der Waals surface area (Å²) in [5.74, 6) is 0.193. The molecule has 0 atom stereocenters. The third-order valence-electron chi connectivity index (χ3n) is 3.18. The fraction of sp³-hybridized carbons (Fsp3) is 0.133. The van der Waals surface area contributed by atoms with Gasteiger partial charge in [0.25, 0.3) is 0 Å². The van der Waals surface area contributed by atoms with E-state index in [1.165, 1.54) is 7.11 Å². The number of pyridine rings is 2. The molecule has 0 saturated heterocycles. The Morgan fingerprint density at radius 2 is 2.10 bits per heavy atom. The van der Waals surface area contributed by atoms with Crippen molar-refractivity contribution in [2.45, 2.75) is 0 Å². The number of nitrogens with one attached hydrogen (secondary N) is 1. The zero-order valence-corrected chi connectivity index (χ0v) is 11.6. The van der Waals surface area contributed by atoms with Gasteiger partial charge in [0, 0.05) is 23.5 Å². The van der Waals surface area contributed by atoms with Crippen LogP contribution in [0.5, 0.6) is 5.75 Å². The van der Waals surface area contributed by atoms with Crippen LogP contribution in [0.4, 0.5) is 0 Å². The summed E-state index contributed by atoms with van der Waals surface area (Å²) in [5, 5.41) is 0. The molecule has 1 N–H and O–H groups in total. The molecule has 3 aromatic rings. The molecular formula is C15H13N3O3. The van der Waals surface area contributed by atoms with Crippen molar-refractivity contribution in [3.8, 4) is 16.9 Å². The molecule has 0 spiro atoms. The molecule has 0 aliphatic rings. The van der Waals surface area contributed by atoms with Crippen molar-refractivity contribution in [2.24, 2.45) is 0 Å². The van der Waals surface area contributed by atoms with Gasteiger partial charge >= 0.3 is 5.97 Å². The average Bonchev–Trinajstić information content (AvgIpc) is 2.97. The van der Waals surface area contributed by atoms with Crippen LogP contribution in [-0.4, -0.2) is 35.1 Å². The summed E-state index contributed by atoms with van der Waals surface area (Å²) in [6.07, 6.45) is 5.18. The van der Waals surface area contributed by atoms with Gasteiger partial charge in [0.2, 0.25) is 0 Å². The average molecular weight is 283 g/mol. The number of esters is 1. The molecule has 21 heavy (non-hydrogen) atoms. The molecule has 3 aromatic heterocycles. The monoisotopic (exact) mass is 283 g/mol. The largest absolute Gasteiger partial charge is 0.495 e. The van der Waals surface area contributed by atoms with Crippen LogP contribution in [0.1, 0.15) is 10.5 Å². The highest BCUT2D eigenvalue weighted by atomic mass is 16.5. The third kappa shape index (κ3) is 2.31. The number of methoxy groups -OCH3 is 2. The van der Waals surface area contributed by atoms with Crippen LogP contribution in [0.2, 0.25) is 0 Å². The Kier molecular flexibility index (Phi) is 3.27. The zero-order chi connectivity index (χ0) is 14.8. The lowest BCUT2D eigenvalue weighted by atomic mass is 10.1. The van der Waals surface area contributed by atoms with Gasteiger partial charge < -0.3 is 14.5 Å². The maximum Gasteiger partial charge on any atom is 0.356 e. The predicted octanol–water partition coefficient (Wildman–Crippen LogP) is 2.42. The van der Waals surface area contributed by atoms with Gasteiger partial charge in [-0.1, -0.05) is 0 Å². The summed E-state index contributed by atoms with van der Waals surface area (Å²) < 4.78 is 9.88. The SMILES string of the molecule is COC(=O)c1ccc2[nH]cc(-c3cncc(OC)c3)c2n1. The molecule has 0 amide bonds.